The van der Waals surface area contributed by atoms with Gasteiger partial charge in [0.15, 0.2) is 11.5 Å². The lowest BCUT2D eigenvalue weighted by atomic mass is 10.0. The van der Waals surface area contributed by atoms with Crippen molar-refractivity contribution in [3.63, 3.8) is 0 Å². The quantitative estimate of drug-likeness (QED) is 0.877. The third kappa shape index (κ3) is 3.90. The molecule has 4 heteroatoms. The van der Waals surface area contributed by atoms with Crippen molar-refractivity contribution in [2.75, 3.05) is 7.11 Å². The van der Waals surface area contributed by atoms with E-state index in [9.17, 15) is 10.2 Å². The van der Waals surface area contributed by atoms with Crippen LogP contribution in [-0.4, -0.2) is 17.3 Å². The van der Waals surface area contributed by atoms with E-state index in [0.29, 0.717) is 18.6 Å². The van der Waals surface area contributed by atoms with Crippen LogP contribution in [0.4, 0.5) is 0 Å². The van der Waals surface area contributed by atoms with Crippen LogP contribution in [0.3, 0.4) is 0 Å². The Hall–Kier alpha value is -1.71. The molecule has 0 aliphatic rings. The fourth-order valence-corrected chi connectivity index (χ4v) is 2.42. The Morgan fingerprint density at radius 3 is 2.48 bits per heavy atom. The van der Waals surface area contributed by atoms with E-state index in [0.717, 1.165) is 11.1 Å². The van der Waals surface area contributed by atoms with Crippen LogP contribution in [0.15, 0.2) is 36.4 Å². The van der Waals surface area contributed by atoms with Gasteiger partial charge in [0.2, 0.25) is 0 Å². The third-order valence-corrected chi connectivity index (χ3v) is 3.76. The molecule has 2 N–H and O–H groups in total. The first kappa shape index (κ1) is 15.7. The molecule has 0 aliphatic carbocycles. The van der Waals surface area contributed by atoms with Crippen molar-refractivity contribution in [3.05, 3.63) is 58.1 Å². The van der Waals surface area contributed by atoms with Gasteiger partial charge in [0.25, 0.3) is 0 Å². The number of aliphatic hydroxyl groups is 1. The zero-order valence-corrected chi connectivity index (χ0v) is 12.9. The molecule has 0 saturated carbocycles. The van der Waals surface area contributed by atoms with E-state index in [1.165, 1.54) is 12.7 Å². The molecule has 2 aromatic carbocycles. The molecule has 0 radical (unpaired) electrons. The zero-order valence-electron chi connectivity index (χ0n) is 12.1. The van der Waals surface area contributed by atoms with Crippen LogP contribution >= 0.6 is 11.6 Å². The fourth-order valence-electron chi connectivity index (χ4n) is 2.19. The van der Waals surface area contributed by atoms with Crippen LogP contribution in [-0.2, 0) is 6.42 Å². The zero-order chi connectivity index (χ0) is 15.4. The van der Waals surface area contributed by atoms with E-state index in [-0.39, 0.29) is 10.8 Å². The summed E-state index contributed by atoms with van der Waals surface area (Å²) in [5.41, 5.74) is 2.99. The average Bonchev–Trinajstić information content (AvgIpc) is 2.48. The molecule has 0 heterocycles. The van der Waals surface area contributed by atoms with Crippen LogP contribution < -0.4 is 4.74 Å². The Kier molecular flexibility index (Phi) is 5.10. The SMILES string of the molecule is COc1cc(CCC(O)c2ccc(C)cc2)cc(Cl)c1O. The van der Waals surface area contributed by atoms with Gasteiger partial charge in [-0.1, -0.05) is 41.4 Å². The second-order valence-corrected chi connectivity index (χ2v) is 5.50. The van der Waals surface area contributed by atoms with Crippen LogP contribution in [0.5, 0.6) is 11.5 Å². The topological polar surface area (TPSA) is 49.7 Å². The lowest BCUT2D eigenvalue weighted by Crippen LogP contribution is -2.00. The van der Waals surface area contributed by atoms with Crippen molar-refractivity contribution in [1.29, 1.82) is 0 Å². The third-order valence-electron chi connectivity index (χ3n) is 3.48. The summed E-state index contributed by atoms with van der Waals surface area (Å²) in [5, 5.41) is 20.2. The first-order chi connectivity index (χ1) is 10.0. The number of aliphatic hydroxyl groups excluding tert-OH is 1. The summed E-state index contributed by atoms with van der Waals surface area (Å²) >= 11 is 5.95. The van der Waals surface area contributed by atoms with E-state index in [2.05, 4.69) is 0 Å². The fraction of sp³-hybridized carbons (Fsp3) is 0.294. The minimum Gasteiger partial charge on any atom is -0.503 e. The van der Waals surface area contributed by atoms with Crippen molar-refractivity contribution in [1.82, 2.24) is 0 Å². The Labute approximate surface area is 129 Å². The summed E-state index contributed by atoms with van der Waals surface area (Å²) in [7, 11) is 1.48. The first-order valence-electron chi connectivity index (χ1n) is 6.81. The van der Waals surface area contributed by atoms with E-state index in [1.54, 1.807) is 12.1 Å². The predicted molar refractivity (Wildman–Crippen MR) is 84.1 cm³/mol. The summed E-state index contributed by atoms with van der Waals surface area (Å²) in [4.78, 5) is 0. The number of phenols is 1. The first-order valence-corrected chi connectivity index (χ1v) is 7.19. The van der Waals surface area contributed by atoms with Gasteiger partial charge in [-0.05, 0) is 43.0 Å². The molecule has 0 aliphatic heterocycles. The molecule has 0 saturated heterocycles. The lowest BCUT2D eigenvalue weighted by molar-refractivity contribution is 0.168. The average molecular weight is 307 g/mol. The maximum Gasteiger partial charge on any atom is 0.176 e. The molecule has 1 atom stereocenters. The summed E-state index contributed by atoms with van der Waals surface area (Å²) in [6.07, 6.45) is 0.697. The number of aromatic hydroxyl groups is 1. The summed E-state index contributed by atoms with van der Waals surface area (Å²) in [5.74, 6) is 0.296. The van der Waals surface area contributed by atoms with Gasteiger partial charge >= 0.3 is 0 Å². The van der Waals surface area contributed by atoms with Gasteiger partial charge in [-0.25, -0.2) is 0 Å². The highest BCUT2D eigenvalue weighted by Gasteiger charge is 2.11. The summed E-state index contributed by atoms with van der Waals surface area (Å²) in [6.45, 7) is 2.01. The molecule has 0 amide bonds. The van der Waals surface area contributed by atoms with Crippen molar-refractivity contribution in [3.8, 4) is 11.5 Å². The highest BCUT2D eigenvalue weighted by Crippen LogP contribution is 2.35. The molecule has 21 heavy (non-hydrogen) atoms. The second-order valence-electron chi connectivity index (χ2n) is 5.09. The Bertz CT molecular complexity index is 608. The molecule has 2 aromatic rings. The number of phenolic OH excluding ortho intramolecular Hbond substituents is 1. The Morgan fingerprint density at radius 2 is 1.86 bits per heavy atom. The maximum absolute atomic E-state index is 10.2. The molecule has 0 bridgehead atoms. The molecule has 0 aromatic heterocycles. The number of halogens is 1. The molecular formula is C17H19ClO3. The predicted octanol–water partition coefficient (Wildman–Crippen LogP) is 4.03. The van der Waals surface area contributed by atoms with Gasteiger partial charge in [0.1, 0.15) is 0 Å². The Morgan fingerprint density at radius 1 is 1.19 bits per heavy atom. The molecule has 0 spiro atoms. The van der Waals surface area contributed by atoms with E-state index < -0.39 is 6.10 Å². The lowest BCUT2D eigenvalue weighted by Gasteiger charge is -2.13. The van der Waals surface area contributed by atoms with Crippen molar-refractivity contribution < 1.29 is 14.9 Å². The second kappa shape index (κ2) is 6.83. The highest BCUT2D eigenvalue weighted by molar-refractivity contribution is 6.32. The van der Waals surface area contributed by atoms with Crippen molar-refractivity contribution >= 4 is 11.6 Å². The van der Waals surface area contributed by atoms with Gasteiger partial charge < -0.3 is 14.9 Å². The number of rotatable bonds is 5. The number of methoxy groups -OCH3 is 1. The number of hydrogen-bond acceptors (Lipinski definition) is 3. The van der Waals surface area contributed by atoms with Gasteiger partial charge in [-0.15, -0.1) is 0 Å². The van der Waals surface area contributed by atoms with E-state index in [4.69, 9.17) is 16.3 Å². The van der Waals surface area contributed by atoms with Crippen LogP contribution in [0.1, 0.15) is 29.2 Å². The van der Waals surface area contributed by atoms with Gasteiger partial charge in [0.05, 0.1) is 18.2 Å². The standard InChI is InChI=1S/C17H19ClO3/c1-11-3-6-13(7-4-11)15(19)8-5-12-9-14(18)17(20)16(10-12)21-2/h3-4,6-7,9-10,15,19-20H,5,8H2,1-2H3. The van der Waals surface area contributed by atoms with Gasteiger partial charge in [-0.3, -0.25) is 0 Å². The molecular weight excluding hydrogens is 288 g/mol. The number of benzene rings is 2. The van der Waals surface area contributed by atoms with Crippen LogP contribution in [0.25, 0.3) is 0 Å². The smallest absolute Gasteiger partial charge is 0.176 e. The maximum atomic E-state index is 10.2. The highest BCUT2D eigenvalue weighted by atomic mass is 35.5. The normalized spacial score (nSPS) is 12.2. The molecule has 112 valence electrons. The number of aryl methyl sites for hydroxylation is 2. The van der Waals surface area contributed by atoms with Crippen molar-refractivity contribution in [2.24, 2.45) is 0 Å². The summed E-state index contributed by atoms with van der Waals surface area (Å²) < 4.78 is 5.07. The largest absolute Gasteiger partial charge is 0.503 e. The minimum atomic E-state index is -0.524. The monoisotopic (exact) mass is 306 g/mol. The van der Waals surface area contributed by atoms with E-state index in [1.807, 2.05) is 31.2 Å². The van der Waals surface area contributed by atoms with Crippen LogP contribution in [0, 0.1) is 6.92 Å². The van der Waals surface area contributed by atoms with Crippen LogP contribution in [0.2, 0.25) is 5.02 Å². The Balaban J connectivity index is 2.05. The molecule has 1 unspecified atom stereocenters. The van der Waals surface area contributed by atoms with Gasteiger partial charge in [-0.2, -0.15) is 0 Å². The van der Waals surface area contributed by atoms with E-state index >= 15 is 0 Å². The molecule has 3 nitrogen and oxygen atoms in total. The van der Waals surface area contributed by atoms with Crippen molar-refractivity contribution in [2.45, 2.75) is 25.9 Å². The number of hydrogen-bond donors (Lipinski definition) is 2. The molecule has 2 rings (SSSR count). The number of ether oxygens (including phenoxy) is 1. The minimum absolute atomic E-state index is 0.0537. The van der Waals surface area contributed by atoms with Gasteiger partial charge in [0, 0.05) is 0 Å². The summed E-state index contributed by atoms with van der Waals surface area (Å²) in [6, 6.07) is 11.3. The molecule has 0 fully saturated rings.